The summed E-state index contributed by atoms with van der Waals surface area (Å²) in [6, 6.07) is 12.6. The first-order valence-corrected chi connectivity index (χ1v) is 12.5. The Morgan fingerprint density at radius 2 is 1.32 bits per heavy atom. The molecule has 0 radical (unpaired) electrons. The van der Waals surface area contributed by atoms with E-state index in [1.807, 2.05) is 13.8 Å². The Bertz CT molecular complexity index is 1580. The van der Waals surface area contributed by atoms with Crippen LogP contribution in [0.1, 0.15) is 24.3 Å². The Kier molecular flexibility index (Phi) is 8.37. The van der Waals surface area contributed by atoms with Crippen LogP contribution in [-0.4, -0.2) is 57.3 Å². The minimum absolute atomic E-state index is 0.00189. The van der Waals surface area contributed by atoms with Crippen LogP contribution >= 0.6 is 0 Å². The van der Waals surface area contributed by atoms with E-state index in [9.17, 15) is 14.7 Å². The summed E-state index contributed by atoms with van der Waals surface area (Å²) in [5.41, 5.74) is 0.635. The van der Waals surface area contributed by atoms with Crippen molar-refractivity contribution in [2.75, 3.05) is 41.7 Å². The van der Waals surface area contributed by atoms with Crippen molar-refractivity contribution in [3.05, 3.63) is 64.6 Å². The minimum atomic E-state index is -0.761. The number of carbonyl (C=O) groups excluding carboxylic acids is 1. The molecule has 1 N–H and O–H groups in total. The predicted octanol–water partition coefficient (Wildman–Crippen LogP) is 4.97. The zero-order valence-corrected chi connectivity index (χ0v) is 23.2. The fourth-order valence-corrected chi connectivity index (χ4v) is 4.60. The number of nitrogens with zero attached hydrogens (tertiary/aromatic N) is 1. The molecule has 0 saturated heterocycles. The summed E-state index contributed by atoms with van der Waals surface area (Å²) >= 11 is 0. The van der Waals surface area contributed by atoms with Crippen LogP contribution in [0.15, 0.2) is 53.3 Å². The summed E-state index contributed by atoms with van der Waals surface area (Å²) in [5.74, 6) is 1.08. The van der Waals surface area contributed by atoms with Crippen LogP contribution in [0, 0.1) is 0 Å². The normalized spacial score (nSPS) is 10.8. The lowest BCUT2D eigenvalue weighted by molar-refractivity contribution is 0.0591. The predicted molar refractivity (Wildman–Crippen MR) is 150 cm³/mol. The van der Waals surface area contributed by atoms with Crippen LogP contribution in [0.2, 0.25) is 0 Å². The second-order valence-corrected chi connectivity index (χ2v) is 8.50. The number of rotatable bonds is 10. The third-order valence-corrected chi connectivity index (χ3v) is 6.29. The Balaban J connectivity index is 2.29. The highest BCUT2D eigenvalue weighted by Crippen LogP contribution is 2.45. The first-order chi connectivity index (χ1) is 19.3. The van der Waals surface area contributed by atoms with Crippen LogP contribution in [0.4, 0.5) is 0 Å². The fourth-order valence-electron chi connectivity index (χ4n) is 4.60. The second-order valence-electron chi connectivity index (χ2n) is 8.50. The van der Waals surface area contributed by atoms with Crippen LogP contribution < -0.4 is 29.2 Å². The van der Waals surface area contributed by atoms with E-state index < -0.39 is 11.5 Å². The van der Waals surface area contributed by atoms with Crippen molar-refractivity contribution in [2.24, 2.45) is 0 Å². The summed E-state index contributed by atoms with van der Waals surface area (Å²) in [5, 5.41) is 10.6. The Labute approximate surface area is 231 Å². The van der Waals surface area contributed by atoms with Crippen molar-refractivity contribution in [1.29, 1.82) is 0 Å². The number of phenols is 1. The average molecular weight is 550 g/mol. The van der Waals surface area contributed by atoms with Crippen molar-refractivity contribution in [3.63, 3.8) is 0 Å². The molecule has 210 valence electrons. The van der Waals surface area contributed by atoms with Gasteiger partial charge in [0.2, 0.25) is 5.75 Å². The Morgan fingerprint density at radius 1 is 0.775 bits per heavy atom. The monoisotopic (exact) mass is 549 g/mol. The van der Waals surface area contributed by atoms with Crippen LogP contribution in [0.25, 0.3) is 27.6 Å². The smallest absolute Gasteiger partial charge is 0.355 e. The van der Waals surface area contributed by atoms with Crippen molar-refractivity contribution in [1.82, 2.24) is 4.57 Å². The number of benzene rings is 3. The van der Waals surface area contributed by atoms with E-state index in [1.54, 1.807) is 24.3 Å². The number of fused-ring (bicyclic) bond motifs is 1. The van der Waals surface area contributed by atoms with Gasteiger partial charge in [-0.15, -0.1) is 0 Å². The third-order valence-electron chi connectivity index (χ3n) is 6.29. The van der Waals surface area contributed by atoms with E-state index >= 15 is 0 Å². The largest absolute Gasteiger partial charge is 0.508 e. The maximum absolute atomic E-state index is 14.1. The van der Waals surface area contributed by atoms with Gasteiger partial charge in [0.05, 0.1) is 47.0 Å². The number of carbonyl (C=O) groups is 1. The molecular weight excluding hydrogens is 518 g/mol. The molecule has 4 aromatic rings. The van der Waals surface area contributed by atoms with Crippen LogP contribution in [-0.2, 0) is 4.74 Å². The van der Waals surface area contributed by atoms with Gasteiger partial charge in [0.1, 0.15) is 11.4 Å². The molecule has 4 rings (SSSR count). The van der Waals surface area contributed by atoms with E-state index in [1.165, 1.54) is 57.3 Å². The first-order valence-electron chi connectivity index (χ1n) is 12.5. The van der Waals surface area contributed by atoms with Crippen LogP contribution in [0.3, 0.4) is 0 Å². The van der Waals surface area contributed by atoms with E-state index in [0.29, 0.717) is 64.2 Å². The number of ether oxygens (including phenoxy) is 6. The van der Waals surface area contributed by atoms with Gasteiger partial charge in [-0.25, -0.2) is 4.79 Å². The molecule has 0 spiro atoms. The van der Waals surface area contributed by atoms with Crippen molar-refractivity contribution < 1.29 is 38.3 Å². The van der Waals surface area contributed by atoms with Gasteiger partial charge in [-0.3, -0.25) is 9.36 Å². The quantitative estimate of drug-likeness (QED) is 0.274. The molecule has 10 nitrogen and oxygen atoms in total. The topological polar surface area (TPSA) is 115 Å². The molecule has 1 aromatic heterocycles. The van der Waals surface area contributed by atoms with Gasteiger partial charge in [0.15, 0.2) is 23.0 Å². The summed E-state index contributed by atoms with van der Waals surface area (Å²) in [6.45, 7) is 4.36. The van der Waals surface area contributed by atoms with Gasteiger partial charge >= 0.3 is 5.97 Å². The van der Waals surface area contributed by atoms with Crippen molar-refractivity contribution >= 4 is 16.7 Å². The molecule has 0 atom stereocenters. The Morgan fingerprint density at radius 3 is 1.80 bits per heavy atom. The average Bonchev–Trinajstić information content (AvgIpc) is 2.97. The molecule has 3 aromatic carbocycles. The summed E-state index contributed by atoms with van der Waals surface area (Å²) < 4.78 is 34.8. The highest BCUT2D eigenvalue weighted by Gasteiger charge is 2.28. The molecule has 0 aliphatic heterocycles. The highest BCUT2D eigenvalue weighted by molar-refractivity contribution is 6.08. The number of hydrogen-bond donors (Lipinski definition) is 1. The summed E-state index contributed by atoms with van der Waals surface area (Å²) in [6.07, 6.45) is 0. The van der Waals surface area contributed by atoms with Gasteiger partial charge in [-0.2, -0.15) is 0 Å². The molecule has 1 heterocycles. The number of esters is 1. The van der Waals surface area contributed by atoms with Crippen LogP contribution in [0.5, 0.6) is 34.5 Å². The van der Waals surface area contributed by atoms with Gasteiger partial charge < -0.3 is 33.5 Å². The molecule has 0 bridgehead atoms. The maximum atomic E-state index is 14.1. The summed E-state index contributed by atoms with van der Waals surface area (Å²) in [4.78, 5) is 27.6. The number of pyridine rings is 1. The lowest BCUT2D eigenvalue weighted by atomic mass is 9.95. The zero-order chi connectivity index (χ0) is 29.0. The molecule has 0 aliphatic carbocycles. The highest BCUT2D eigenvalue weighted by atomic mass is 16.5. The standard InChI is InChI=1S/C30H31NO9/c1-7-39-22-15-20-21(16-23(22)40-8-2)29(33)31(18-9-11-19(32)12-10-18)27(30(34)38-6)26(20)17-13-24(35-3)28(37-5)25(14-17)36-4/h9-16,32H,7-8H2,1-6H3. The molecule has 0 unspecified atom stereocenters. The third kappa shape index (κ3) is 4.95. The van der Waals surface area contributed by atoms with Gasteiger partial charge in [-0.05, 0) is 67.9 Å². The second kappa shape index (κ2) is 11.9. The number of aromatic nitrogens is 1. The Hall–Kier alpha value is -4.86. The van der Waals surface area contributed by atoms with E-state index in [2.05, 4.69) is 0 Å². The number of hydrogen-bond acceptors (Lipinski definition) is 9. The van der Waals surface area contributed by atoms with Crippen molar-refractivity contribution in [3.8, 4) is 51.3 Å². The molecule has 0 fully saturated rings. The summed E-state index contributed by atoms with van der Waals surface area (Å²) in [7, 11) is 5.70. The molecular formula is C30H31NO9. The molecule has 10 heteroatoms. The molecule has 0 aliphatic rings. The SMILES string of the molecule is CCOc1cc2c(-c3cc(OC)c(OC)c(OC)c3)c(C(=O)OC)n(-c3ccc(O)cc3)c(=O)c2cc1OCC. The van der Waals surface area contributed by atoms with E-state index in [-0.39, 0.29) is 16.8 Å². The maximum Gasteiger partial charge on any atom is 0.355 e. The van der Waals surface area contributed by atoms with E-state index in [0.717, 1.165) is 0 Å². The van der Waals surface area contributed by atoms with E-state index in [4.69, 9.17) is 28.4 Å². The minimum Gasteiger partial charge on any atom is -0.508 e. The number of methoxy groups -OCH3 is 4. The van der Waals surface area contributed by atoms with Crippen molar-refractivity contribution in [2.45, 2.75) is 13.8 Å². The number of phenolic OH excluding ortho intramolecular Hbond substituents is 1. The molecule has 0 saturated carbocycles. The first kappa shape index (κ1) is 28.2. The fraction of sp³-hybridized carbons (Fsp3) is 0.267. The van der Waals surface area contributed by atoms with Gasteiger partial charge in [0, 0.05) is 16.6 Å². The molecule has 0 amide bonds. The lowest BCUT2D eigenvalue weighted by Gasteiger charge is -2.21. The van der Waals surface area contributed by atoms with Gasteiger partial charge in [-0.1, -0.05) is 0 Å². The molecule has 40 heavy (non-hydrogen) atoms. The zero-order valence-electron chi connectivity index (χ0n) is 23.2. The number of aromatic hydroxyl groups is 1. The van der Waals surface area contributed by atoms with Gasteiger partial charge in [0.25, 0.3) is 5.56 Å². The lowest BCUT2D eigenvalue weighted by Crippen LogP contribution is -2.27.